The average Bonchev–Trinajstić information content (AvgIpc) is 2.45. The molecule has 0 radical (unpaired) electrons. The molecule has 0 saturated heterocycles. The standard InChI is InChI=1S/C16H33N3/c1-8-15(17(9-2)10-3)16(18(11-4)12-5)19(13-6)14-7/h8H,1,9-14H2,2-7H3. The minimum absolute atomic E-state index is 1.02. The zero-order valence-corrected chi connectivity index (χ0v) is 13.9. The van der Waals surface area contributed by atoms with Gasteiger partial charge in [-0.2, -0.15) is 0 Å². The van der Waals surface area contributed by atoms with E-state index in [2.05, 4.69) is 62.8 Å². The Hall–Kier alpha value is -1.12. The molecule has 0 fully saturated rings. The van der Waals surface area contributed by atoms with Crippen LogP contribution in [-0.4, -0.2) is 54.0 Å². The molecule has 0 bridgehead atoms. The summed E-state index contributed by atoms with van der Waals surface area (Å²) in [5, 5.41) is 0. The second kappa shape index (κ2) is 9.76. The van der Waals surface area contributed by atoms with Crippen LogP contribution in [0.3, 0.4) is 0 Å². The lowest BCUT2D eigenvalue weighted by Gasteiger charge is -2.38. The Morgan fingerprint density at radius 2 is 1.00 bits per heavy atom. The smallest absolute Gasteiger partial charge is 0.128 e. The van der Waals surface area contributed by atoms with Crippen LogP contribution >= 0.6 is 0 Å². The fourth-order valence-electron chi connectivity index (χ4n) is 2.50. The van der Waals surface area contributed by atoms with Gasteiger partial charge in [0.1, 0.15) is 5.82 Å². The highest BCUT2D eigenvalue weighted by Gasteiger charge is 2.18. The van der Waals surface area contributed by atoms with E-state index in [1.807, 2.05) is 6.08 Å². The second-order valence-corrected chi connectivity index (χ2v) is 4.43. The van der Waals surface area contributed by atoms with Crippen LogP contribution < -0.4 is 0 Å². The molecule has 0 aromatic carbocycles. The summed E-state index contributed by atoms with van der Waals surface area (Å²) < 4.78 is 0. The third-order valence-electron chi connectivity index (χ3n) is 3.65. The highest BCUT2D eigenvalue weighted by Crippen LogP contribution is 2.19. The third kappa shape index (κ3) is 4.48. The number of rotatable bonds is 10. The zero-order chi connectivity index (χ0) is 14.8. The Morgan fingerprint density at radius 3 is 1.21 bits per heavy atom. The van der Waals surface area contributed by atoms with Crippen molar-refractivity contribution in [1.29, 1.82) is 0 Å². The third-order valence-corrected chi connectivity index (χ3v) is 3.65. The summed E-state index contributed by atoms with van der Waals surface area (Å²) in [5.41, 5.74) is 1.26. The number of allylic oxidation sites excluding steroid dienone is 1. The molecule has 0 rings (SSSR count). The molecular weight excluding hydrogens is 234 g/mol. The van der Waals surface area contributed by atoms with E-state index in [9.17, 15) is 0 Å². The van der Waals surface area contributed by atoms with Crippen molar-refractivity contribution >= 4 is 0 Å². The van der Waals surface area contributed by atoms with Crippen molar-refractivity contribution in [2.75, 3.05) is 39.3 Å². The van der Waals surface area contributed by atoms with Crippen molar-refractivity contribution in [1.82, 2.24) is 14.7 Å². The quantitative estimate of drug-likeness (QED) is 0.562. The fourth-order valence-corrected chi connectivity index (χ4v) is 2.50. The van der Waals surface area contributed by atoms with Gasteiger partial charge in [0.15, 0.2) is 0 Å². The molecule has 3 heteroatoms. The fraction of sp³-hybridized carbons (Fsp3) is 0.750. The van der Waals surface area contributed by atoms with Crippen LogP contribution in [0.5, 0.6) is 0 Å². The minimum Gasteiger partial charge on any atom is -0.369 e. The van der Waals surface area contributed by atoms with Gasteiger partial charge < -0.3 is 14.7 Å². The lowest BCUT2D eigenvalue weighted by atomic mass is 10.2. The van der Waals surface area contributed by atoms with E-state index in [4.69, 9.17) is 0 Å². The van der Waals surface area contributed by atoms with Gasteiger partial charge in [0.25, 0.3) is 0 Å². The van der Waals surface area contributed by atoms with Gasteiger partial charge in [-0.1, -0.05) is 6.58 Å². The van der Waals surface area contributed by atoms with Crippen LogP contribution in [0.1, 0.15) is 41.5 Å². The number of likely N-dealkylation sites (N-methyl/N-ethyl adjacent to an activating group) is 1. The normalized spacial score (nSPS) is 10.0. The van der Waals surface area contributed by atoms with Crippen molar-refractivity contribution in [3.63, 3.8) is 0 Å². The molecule has 0 heterocycles. The Balaban J connectivity index is 5.77. The van der Waals surface area contributed by atoms with E-state index < -0.39 is 0 Å². The lowest BCUT2D eigenvalue weighted by molar-refractivity contribution is 0.215. The molecule has 0 N–H and O–H groups in total. The van der Waals surface area contributed by atoms with Crippen LogP contribution in [0.2, 0.25) is 0 Å². The van der Waals surface area contributed by atoms with Crippen molar-refractivity contribution in [3.8, 4) is 0 Å². The van der Waals surface area contributed by atoms with Crippen molar-refractivity contribution in [2.24, 2.45) is 0 Å². The summed E-state index contributed by atoms with van der Waals surface area (Å²) in [6.07, 6.45) is 2.01. The van der Waals surface area contributed by atoms with Crippen molar-refractivity contribution in [2.45, 2.75) is 41.5 Å². The minimum atomic E-state index is 1.02. The summed E-state index contributed by atoms with van der Waals surface area (Å²) in [7, 11) is 0. The summed E-state index contributed by atoms with van der Waals surface area (Å²) in [6, 6.07) is 0. The Bertz CT molecular complexity index is 258. The first-order valence-electron chi connectivity index (χ1n) is 7.76. The maximum atomic E-state index is 4.05. The molecule has 0 unspecified atom stereocenters. The Morgan fingerprint density at radius 1 is 0.684 bits per heavy atom. The topological polar surface area (TPSA) is 9.72 Å². The molecule has 0 aromatic heterocycles. The van der Waals surface area contributed by atoms with Gasteiger partial charge in [0, 0.05) is 39.3 Å². The van der Waals surface area contributed by atoms with Gasteiger partial charge in [-0.25, -0.2) is 0 Å². The summed E-state index contributed by atoms with van der Waals surface area (Å²) >= 11 is 0. The van der Waals surface area contributed by atoms with Gasteiger partial charge >= 0.3 is 0 Å². The van der Waals surface area contributed by atoms with Crippen LogP contribution in [0.15, 0.2) is 24.2 Å². The van der Waals surface area contributed by atoms with Crippen LogP contribution in [0.4, 0.5) is 0 Å². The summed E-state index contributed by atoms with van der Waals surface area (Å²) in [5.74, 6) is 1.33. The predicted octanol–water partition coefficient (Wildman–Crippen LogP) is 3.37. The van der Waals surface area contributed by atoms with Gasteiger partial charge in [0.2, 0.25) is 0 Å². The lowest BCUT2D eigenvalue weighted by Crippen LogP contribution is -2.39. The molecule has 0 amide bonds. The first-order chi connectivity index (χ1) is 9.14. The van der Waals surface area contributed by atoms with E-state index in [0.29, 0.717) is 0 Å². The van der Waals surface area contributed by atoms with E-state index >= 15 is 0 Å². The van der Waals surface area contributed by atoms with E-state index in [0.717, 1.165) is 39.3 Å². The molecule has 0 saturated carbocycles. The summed E-state index contributed by atoms with van der Waals surface area (Å²) in [4.78, 5) is 7.25. The summed E-state index contributed by atoms with van der Waals surface area (Å²) in [6.45, 7) is 23.5. The van der Waals surface area contributed by atoms with Gasteiger partial charge in [-0.15, -0.1) is 0 Å². The molecule has 0 aliphatic heterocycles. The van der Waals surface area contributed by atoms with Gasteiger partial charge in [-0.05, 0) is 47.6 Å². The van der Waals surface area contributed by atoms with Crippen LogP contribution in [-0.2, 0) is 0 Å². The maximum Gasteiger partial charge on any atom is 0.128 e. The molecule has 19 heavy (non-hydrogen) atoms. The van der Waals surface area contributed by atoms with Gasteiger partial charge in [0.05, 0.1) is 5.70 Å². The second-order valence-electron chi connectivity index (χ2n) is 4.43. The number of hydrogen-bond acceptors (Lipinski definition) is 3. The first kappa shape index (κ1) is 17.9. The Labute approximate surface area is 120 Å². The molecule has 0 aliphatic carbocycles. The zero-order valence-electron chi connectivity index (χ0n) is 13.9. The van der Waals surface area contributed by atoms with Crippen molar-refractivity contribution in [3.05, 3.63) is 24.2 Å². The molecule has 0 atom stereocenters. The predicted molar refractivity (Wildman–Crippen MR) is 86.0 cm³/mol. The first-order valence-corrected chi connectivity index (χ1v) is 7.76. The molecular formula is C16H33N3. The molecule has 112 valence electrons. The molecule has 0 aliphatic rings. The maximum absolute atomic E-state index is 4.05. The molecule has 0 aromatic rings. The SMILES string of the molecule is C=CC(=C(N(CC)CC)N(CC)CC)N(CC)CC. The highest BCUT2D eigenvalue weighted by atomic mass is 15.3. The van der Waals surface area contributed by atoms with E-state index in [1.165, 1.54) is 11.5 Å². The van der Waals surface area contributed by atoms with E-state index in [-0.39, 0.29) is 0 Å². The largest absolute Gasteiger partial charge is 0.369 e. The van der Waals surface area contributed by atoms with Crippen LogP contribution in [0, 0.1) is 0 Å². The van der Waals surface area contributed by atoms with Crippen LogP contribution in [0.25, 0.3) is 0 Å². The molecule has 0 spiro atoms. The Kier molecular flexibility index (Phi) is 9.19. The number of nitrogens with zero attached hydrogens (tertiary/aromatic N) is 3. The van der Waals surface area contributed by atoms with Crippen molar-refractivity contribution < 1.29 is 0 Å². The van der Waals surface area contributed by atoms with E-state index in [1.54, 1.807) is 0 Å². The molecule has 3 nitrogen and oxygen atoms in total. The van der Waals surface area contributed by atoms with Gasteiger partial charge in [-0.3, -0.25) is 0 Å². The number of hydrogen-bond donors (Lipinski definition) is 0. The average molecular weight is 267 g/mol. The monoisotopic (exact) mass is 267 g/mol. The highest BCUT2D eigenvalue weighted by molar-refractivity contribution is 5.22.